The lowest BCUT2D eigenvalue weighted by Crippen LogP contribution is -2.42. The standard InChI is InChI=1S/C23H33N3O4S/c1-5-24-23(26-18(2)13-14-31(4,27)28)25-16-20-11-12-21(22(15-20)29-3)30-17-19-9-7-6-8-10-19/h6-12,15,18H,5,13-14,16-17H2,1-4H3,(H2,24,25,26). The largest absolute Gasteiger partial charge is 0.493 e. The van der Waals surface area contributed by atoms with Gasteiger partial charge in [-0.2, -0.15) is 0 Å². The first kappa shape index (κ1) is 24.5. The smallest absolute Gasteiger partial charge is 0.191 e. The number of rotatable bonds is 11. The van der Waals surface area contributed by atoms with E-state index in [0.29, 0.717) is 43.6 Å². The highest BCUT2D eigenvalue weighted by Crippen LogP contribution is 2.29. The molecule has 1 unspecified atom stereocenters. The van der Waals surface area contributed by atoms with E-state index in [1.54, 1.807) is 7.11 Å². The Morgan fingerprint density at radius 1 is 1.10 bits per heavy atom. The molecule has 0 aliphatic heterocycles. The van der Waals surface area contributed by atoms with E-state index in [2.05, 4.69) is 15.6 Å². The zero-order valence-corrected chi connectivity index (χ0v) is 19.5. The predicted octanol–water partition coefficient (Wildman–Crippen LogP) is 3.15. The summed E-state index contributed by atoms with van der Waals surface area (Å²) in [5, 5.41) is 6.45. The molecule has 0 saturated carbocycles. The van der Waals surface area contributed by atoms with Gasteiger partial charge in [0, 0.05) is 18.8 Å². The van der Waals surface area contributed by atoms with Crippen LogP contribution in [-0.2, 0) is 23.0 Å². The van der Waals surface area contributed by atoms with Crippen molar-refractivity contribution in [3.05, 3.63) is 59.7 Å². The van der Waals surface area contributed by atoms with Crippen LogP contribution >= 0.6 is 0 Å². The van der Waals surface area contributed by atoms with Crippen LogP contribution in [0.3, 0.4) is 0 Å². The van der Waals surface area contributed by atoms with Gasteiger partial charge in [-0.3, -0.25) is 0 Å². The molecule has 2 aromatic carbocycles. The van der Waals surface area contributed by atoms with Crippen LogP contribution in [0.25, 0.3) is 0 Å². The fraction of sp³-hybridized carbons (Fsp3) is 0.435. The first-order valence-corrected chi connectivity index (χ1v) is 12.4. The fourth-order valence-electron chi connectivity index (χ4n) is 2.85. The highest BCUT2D eigenvalue weighted by Gasteiger charge is 2.10. The van der Waals surface area contributed by atoms with Crippen molar-refractivity contribution in [2.75, 3.05) is 25.7 Å². The number of hydrogen-bond donors (Lipinski definition) is 2. The van der Waals surface area contributed by atoms with Crippen LogP contribution < -0.4 is 20.1 Å². The summed E-state index contributed by atoms with van der Waals surface area (Å²) >= 11 is 0. The molecule has 2 aromatic rings. The lowest BCUT2D eigenvalue weighted by molar-refractivity contribution is 0.284. The van der Waals surface area contributed by atoms with E-state index in [1.165, 1.54) is 6.26 Å². The average molecular weight is 448 g/mol. The lowest BCUT2D eigenvalue weighted by atomic mass is 10.2. The molecule has 2 N–H and O–H groups in total. The quantitative estimate of drug-likeness (QED) is 0.406. The number of nitrogens with one attached hydrogen (secondary N) is 2. The second kappa shape index (κ2) is 12.2. The van der Waals surface area contributed by atoms with Gasteiger partial charge in [0.25, 0.3) is 0 Å². The molecule has 0 amide bonds. The monoisotopic (exact) mass is 447 g/mol. The third-order valence-corrected chi connectivity index (χ3v) is 5.51. The Balaban J connectivity index is 2.00. The first-order chi connectivity index (χ1) is 14.8. The van der Waals surface area contributed by atoms with Crippen LogP contribution in [0.15, 0.2) is 53.5 Å². The molecule has 0 spiro atoms. The molecule has 7 nitrogen and oxygen atoms in total. The molecule has 0 aliphatic rings. The maximum atomic E-state index is 11.4. The molecule has 2 rings (SSSR count). The van der Waals surface area contributed by atoms with Crippen molar-refractivity contribution in [1.29, 1.82) is 0 Å². The summed E-state index contributed by atoms with van der Waals surface area (Å²) in [6.45, 7) is 5.55. The molecule has 0 fully saturated rings. The topological polar surface area (TPSA) is 89.0 Å². The normalized spacial score (nSPS) is 12.8. The Morgan fingerprint density at radius 2 is 1.84 bits per heavy atom. The molecule has 8 heteroatoms. The van der Waals surface area contributed by atoms with Gasteiger partial charge in [0.05, 0.1) is 19.4 Å². The van der Waals surface area contributed by atoms with E-state index < -0.39 is 9.84 Å². The number of guanidine groups is 1. The summed E-state index contributed by atoms with van der Waals surface area (Å²) in [5.41, 5.74) is 2.06. The maximum Gasteiger partial charge on any atom is 0.191 e. The Morgan fingerprint density at radius 3 is 2.48 bits per heavy atom. The molecular formula is C23H33N3O4S. The van der Waals surface area contributed by atoms with E-state index >= 15 is 0 Å². The number of ether oxygens (including phenoxy) is 2. The molecule has 0 saturated heterocycles. The van der Waals surface area contributed by atoms with Gasteiger partial charge in [0.1, 0.15) is 16.4 Å². The molecule has 1 atom stereocenters. The van der Waals surface area contributed by atoms with Crippen LogP contribution in [0.5, 0.6) is 11.5 Å². The van der Waals surface area contributed by atoms with E-state index in [4.69, 9.17) is 9.47 Å². The number of hydrogen-bond acceptors (Lipinski definition) is 5. The zero-order valence-electron chi connectivity index (χ0n) is 18.7. The second-order valence-electron chi connectivity index (χ2n) is 7.42. The van der Waals surface area contributed by atoms with Crippen molar-refractivity contribution in [2.24, 2.45) is 4.99 Å². The van der Waals surface area contributed by atoms with Gasteiger partial charge < -0.3 is 20.1 Å². The van der Waals surface area contributed by atoms with Crippen LogP contribution in [0.4, 0.5) is 0 Å². The molecule has 0 aliphatic carbocycles. The minimum atomic E-state index is -2.98. The Bertz CT molecular complexity index is 947. The highest BCUT2D eigenvalue weighted by atomic mass is 32.2. The summed E-state index contributed by atoms with van der Waals surface area (Å²) in [5.74, 6) is 2.12. The highest BCUT2D eigenvalue weighted by molar-refractivity contribution is 7.90. The molecule has 31 heavy (non-hydrogen) atoms. The van der Waals surface area contributed by atoms with Crippen molar-refractivity contribution >= 4 is 15.8 Å². The Labute approximate surface area is 185 Å². The summed E-state index contributed by atoms with van der Waals surface area (Å²) in [7, 11) is -1.37. The van der Waals surface area contributed by atoms with E-state index in [0.717, 1.165) is 11.1 Å². The second-order valence-corrected chi connectivity index (χ2v) is 9.68. The molecular weight excluding hydrogens is 414 g/mol. The summed E-state index contributed by atoms with van der Waals surface area (Å²) in [6, 6.07) is 15.7. The van der Waals surface area contributed by atoms with Crippen molar-refractivity contribution < 1.29 is 17.9 Å². The number of nitrogens with zero attached hydrogens (tertiary/aromatic N) is 1. The summed E-state index contributed by atoms with van der Waals surface area (Å²) < 4.78 is 34.2. The van der Waals surface area contributed by atoms with Crippen molar-refractivity contribution in [3.8, 4) is 11.5 Å². The third-order valence-electron chi connectivity index (χ3n) is 4.53. The van der Waals surface area contributed by atoms with Crippen molar-refractivity contribution in [3.63, 3.8) is 0 Å². The Hall–Kier alpha value is -2.74. The summed E-state index contributed by atoms with van der Waals surface area (Å²) in [6.07, 6.45) is 1.77. The number of aliphatic imine (C=N–C) groups is 1. The molecule has 170 valence electrons. The summed E-state index contributed by atoms with van der Waals surface area (Å²) in [4.78, 5) is 4.62. The Kier molecular flexibility index (Phi) is 9.65. The number of benzene rings is 2. The van der Waals surface area contributed by atoms with E-state index in [1.807, 2.05) is 62.4 Å². The van der Waals surface area contributed by atoms with Crippen LogP contribution in [0.1, 0.15) is 31.4 Å². The van der Waals surface area contributed by atoms with Gasteiger partial charge >= 0.3 is 0 Å². The number of methoxy groups -OCH3 is 1. The SMILES string of the molecule is CCNC(=NCc1ccc(OCc2ccccc2)c(OC)c1)NC(C)CCS(C)(=O)=O. The van der Waals surface area contributed by atoms with Gasteiger partial charge in [-0.05, 0) is 43.5 Å². The minimum Gasteiger partial charge on any atom is -0.493 e. The van der Waals surface area contributed by atoms with Gasteiger partial charge in [0.15, 0.2) is 17.5 Å². The van der Waals surface area contributed by atoms with E-state index in [-0.39, 0.29) is 11.8 Å². The molecule has 0 bridgehead atoms. The van der Waals surface area contributed by atoms with Gasteiger partial charge in [-0.1, -0.05) is 36.4 Å². The van der Waals surface area contributed by atoms with Crippen LogP contribution in [-0.4, -0.2) is 46.1 Å². The van der Waals surface area contributed by atoms with Gasteiger partial charge in [-0.25, -0.2) is 13.4 Å². The predicted molar refractivity (Wildman–Crippen MR) is 126 cm³/mol. The van der Waals surface area contributed by atoms with E-state index in [9.17, 15) is 8.42 Å². The third kappa shape index (κ3) is 9.29. The average Bonchev–Trinajstić information content (AvgIpc) is 2.75. The minimum absolute atomic E-state index is 0.0178. The van der Waals surface area contributed by atoms with Gasteiger partial charge in [0.2, 0.25) is 0 Å². The van der Waals surface area contributed by atoms with Crippen molar-refractivity contribution in [2.45, 2.75) is 39.5 Å². The van der Waals surface area contributed by atoms with Crippen LogP contribution in [0, 0.1) is 0 Å². The van der Waals surface area contributed by atoms with Crippen molar-refractivity contribution in [1.82, 2.24) is 10.6 Å². The maximum absolute atomic E-state index is 11.4. The molecule has 0 aromatic heterocycles. The zero-order chi connectivity index (χ0) is 22.7. The van der Waals surface area contributed by atoms with Crippen LogP contribution in [0.2, 0.25) is 0 Å². The fourth-order valence-corrected chi connectivity index (χ4v) is 3.63. The van der Waals surface area contributed by atoms with Gasteiger partial charge in [-0.15, -0.1) is 0 Å². The molecule has 0 heterocycles. The molecule has 0 radical (unpaired) electrons. The first-order valence-electron chi connectivity index (χ1n) is 10.4. The number of sulfone groups is 1. The lowest BCUT2D eigenvalue weighted by Gasteiger charge is -2.17.